The van der Waals surface area contributed by atoms with Crippen molar-refractivity contribution in [2.75, 3.05) is 7.11 Å². The van der Waals surface area contributed by atoms with Gasteiger partial charge in [-0.2, -0.15) is 0 Å². The van der Waals surface area contributed by atoms with E-state index >= 15 is 0 Å². The van der Waals surface area contributed by atoms with Gasteiger partial charge in [-0.1, -0.05) is 61.9 Å². The molecule has 5 nitrogen and oxygen atoms in total. The van der Waals surface area contributed by atoms with Gasteiger partial charge in [0.2, 0.25) is 0 Å². The quantitative estimate of drug-likeness (QED) is 0.396. The molecule has 0 saturated heterocycles. The Labute approximate surface area is 181 Å². The molecule has 4 rings (SSSR count). The van der Waals surface area contributed by atoms with Gasteiger partial charge in [0.25, 0.3) is 0 Å². The SMILES string of the molecule is CCCCc1nc2cccc(OC)c2n1Cc1ccc(-c2ccccc2C(=O)O)cc1. The third kappa shape index (κ3) is 4.17. The summed E-state index contributed by atoms with van der Waals surface area (Å²) in [5.41, 5.74) is 5.00. The van der Waals surface area contributed by atoms with E-state index in [9.17, 15) is 9.90 Å². The van der Waals surface area contributed by atoms with Crippen molar-refractivity contribution in [2.24, 2.45) is 0 Å². The fraction of sp³-hybridized carbons (Fsp3) is 0.231. The number of carboxylic acid groups (broad SMARTS) is 1. The topological polar surface area (TPSA) is 64.4 Å². The van der Waals surface area contributed by atoms with Gasteiger partial charge in [0.05, 0.1) is 18.2 Å². The minimum atomic E-state index is -0.919. The molecule has 0 aliphatic rings. The summed E-state index contributed by atoms with van der Waals surface area (Å²) in [5.74, 6) is 0.957. The normalized spacial score (nSPS) is 11.0. The maximum absolute atomic E-state index is 11.6. The van der Waals surface area contributed by atoms with Gasteiger partial charge in [-0.05, 0) is 41.3 Å². The maximum atomic E-state index is 11.6. The number of para-hydroxylation sites is 1. The minimum absolute atomic E-state index is 0.308. The number of aryl methyl sites for hydroxylation is 1. The number of methoxy groups -OCH3 is 1. The molecule has 1 heterocycles. The molecule has 31 heavy (non-hydrogen) atoms. The summed E-state index contributed by atoms with van der Waals surface area (Å²) < 4.78 is 7.86. The molecule has 0 amide bonds. The highest BCUT2D eigenvalue weighted by atomic mass is 16.5. The first kappa shape index (κ1) is 20.7. The lowest BCUT2D eigenvalue weighted by atomic mass is 9.99. The molecular weight excluding hydrogens is 388 g/mol. The van der Waals surface area contributed by atoms with Crippen LogP contribution in [-0.2, 0) is 13.0 Å². The summed E-state index contributed by atoms with van der Waals surface area (Å²) in [4.78, 5) is 16.4. The van der Waals surface area contributed by atoms with E-state index < -0.39 is 5.97 Å². The van der Waals surface area contributed by atoms with Crippen LogP contribution in [-0.4, -0.2) is 27.7 Å². The summed E-state index contributed by atoms with van der Waals surface area (Å²) in [6, 6.07) is 21.1. The van der Waals surface area contributed by atoms with Crippen LogP contribution < -0.4 is 4.74 Å². The van der Waals surface area contributed by atoms with Gasteiger partial charge in [-0.25, -0.2) is 9.78 Å². The van der Waals surface area contributed by atoms with E-state index in [1.165, 1.54) is 0 Å². The molecule has 1 aromatic heterocycles. The smallest absolute Gasteiger partial charge is 0.336 e. The average molecular weight is 415 g/mol. The van der Waals surface area contributed by atoms with Crippen LogP contribution in [0.15, 0.2) is 66.7 Å². The van der Waals surface area contributed by atoms with Gasteiger partial charge < -0.3 is 14.4 Å². The molecule has 158 valence electrons. The molecule has 0 aliphatic heterocycles. The third-order valence-electron chi connectivity index (χ3n) is 5.55. The average Bonchev–Trinajstić information content (AvgIpc) is 3.15. The van der Waals surface area contributed by atoms with E-state index in [0.29, 0.717) is 12.1 Å². The van der Waals surface area contributed by atoms with Crippen LogP contribution in [0.1, 0.15) is 41.5 Å². The second-order valence-electron chi connectivity index (χ2n) is 7.59. The molecule has 0 atom stereocenters. The van der Waals surface area contributed by atoms with Crippen molar-refractivity contribution in [1.29, 1.82) is 0 Å². The van der Waals surface area contributed by atoms with Crippen molar-refractivity contribution in [3.8, 4) is 16.9 Å². The highest BCUT2D eigenvalue weighted by Gasteiger charge is 2.15. The fourth-order valence-corrected chi connectivity index (χ4v) is 3.96. The summed E-state index contributed by atoms with van der Waals surface area (Å²) in [6.45, 7) is 2.86. The van der Waals surface area contributed by atoms with Gasteiger partial charge in [0.1, 0.15) is 17.1 Å². The number of hydrogen-bond acceptors (Lipinski definition) is 3. The first-order chi connectivity index (χ1) is 15.1. The zero-order chi connectivity index (χ0) is 21.8. The summed E-state index contributed by atoms with van der Waals surface area (Å²) in [6.07, 6.45) is 3.10. The number of hydrogen-bond donors (Lipinski definition) is 1. The van der Waals surface area contributed by atoms with Crippen molar-refractivity contribution in [3.63, 3.8) is 0 Å². The molecule has 0 radical (unpaired) electrons. The Balaban J connectivity index is 1.71. The molecule has 5 heteroatoms. The Morgan fingerprint density at radius 1 is 1.03 bits per heavy atom. The number of aromatic nitrogens is 2. The van der Waals surface area contributed by atoms with Crippen LogP contribution in [0, 0.1) is 0 Å². The number of carbonyl (C=O) groups is 1. The number of benzene rings is 3. The fourth-order valence-electron chi connectivity index (χ4n) is 3.96. The van der Waals surface area contributed by atoms with E-state index in [0.717, 1.165) is 58.6 Å². The van der Waals surface area contributed by atoms with Crippen LogP contribution in [0.5, 0.6) is 5.75 Å². The minimum Gasteiger partial charge on any atom is -0.494 e. The molecule has 0 aliphatic carbocycles. The Bertz CT molecular complexity index is 1210. The van der Waals surface area contributed by atoms with Crippen molar-refractivity contribution < 1.29 is 14.6 Å². The van der Waals surface area contributed by atoms with E-state index in [4.69, 9.17) is 9.72 Å². The number of nitrogens with zero attached hydrogens (tertiary/aromatic N) is 2. The number of rotatable bonds is 8. The van der Waals surface area contributed by atoms with Gasteiger partial charge in [-0.15, -0.1) is 0 Å². The van der Waals surface area contributed by atoms with Crippen LogP contribution in [0.2, 0.25) is 0 Å². The Hall–Kier alpha value is -3.60. The van der Waals surface area contributed by atoms with Gasteiger partial charge >= 0.3 is 5.97 Å². The van der Waals surface area contributed by atoms with E-state index in [1.807, 2.05) is 42.5 Å². The molecule has 0 fully saturated rings. The molecule has 0 bridgehead atoms. The van der Waals surface area contributed by atoms with Crippen molar-refractivity contribution in [2.45, 2.75) is 32.7 Å². The van der Waals surface area contributed by atoms with Gasteiger partial charge in [-0.3, -0.25) is 0 Å². The second kappa shape index (κ2) is 9.04. The highest BCUT2D eigenvalue weighted by Crippen LogP contribution is 2.29. The van der Waals surface area contributed by atoms with E-state index in [2.05, 4.69) is 23.6 Å². The van der Waals surface area contributed by atoms with Gasteiger partial charge in [0, 0.05) is 13.0 Å². The first-order valence-electron chi connectivity index (χ1n) is 10.6. The van der Waals surface area contributed by atoms with Crippen LogP contribution >= 0.6 is 0 Å². The lowest BCUT2D eigenvalue weighted by Gasteiger charge is -2.12. The molecule has 1 N–H and O–H groups in total. The van der Waals surface area contributed by atoms with Crippen molar-refractivity contribution in [3.05, 3.63) is 83.7 Å². The molecule has 3 aromatic carbocycles. The van der Waals surface area contributed by atoms with Crippen molar-refractivity contribution >= 4 is 17.0 Å². The maximum Gasteiger partial charge on any atom is 0.336 e. The molecule has 0 spiro atoms. The summed E-state index contributed by atoms with van der Waals surface area (Å²) in [5, 5.41) is 9.48. The molecular formula is C26H26N2O3. The highest BCUT2D eigenvalue weighted by molar-refractivity contribution is 5.96. The molecule has 4 aromatic rings. The number of carboxylic acids is 1. The number of aromatic carboxylic acids is 1. The Kier molecular flexibility index (Phi) is 6.03. The summed E-state index contributed by atoms with van der Waals surface area (Å²) >= 11 is 0. The summed E-state index contributed by atoms with van der Waals surface area (Å²) in [7, 11) is 1.69. The monoisotopic (exact) mass is 414 g/mol. The van der Waals surface area contributed by atoms with Gasteiger partial charge in [0.15, 0.2) is 0 Å². The predicted octanol–water partition coefficient (Wildman–Crippen LogP) is 5.80. The van der Waals surface area contributed by atoms with Crippen molar-refractivity contribution in [1.82, 2.24) is 9.55 Å². The predicted molar refractivity (Wildman–Crippen MR) is 123 cm³/mol. The first-order valence-corrected chi connectivity index (χ1v) is 10.6. The second-order valence-corrected chi connectivity index (χ2v) is 7.59. The standard InChI is InChI=1S/C26H26N2O3/c1-3-4-12-24-27-22-10-7-11-23(31-2)25(22)28(24)17-18-13-15-19(16-14-18)20-8-5-6-9-21(20)26(29)30/h5-11,13-16H,3-4,12,17H2,1-2H3,(H,29,30). The zero-order valence-corrected chi connectivity index (χ0v) is 17.8. The van der Waals surface area contributed by atoms with Crippen LogP contribution in [0.4, 0.5) is 0 Å². The molecule has 0 saturated carbocycles. The molecule has 0 unspecified atom stereocenters. The largest absolute Gasteiger partial charge is 0.494 e. The van der Waals surface area contributed by atoms with E-state index in [-0.39, 0.29) is 0 Å². The van der Waals surface area contributed by atoms with Crippen LogP contribution in [0.25, 0.3) is 22.2 Å². The Morgan fingerprint density at radius 2 is 1.81 bits per heavy atom. The number of imidazole rings is 1. The lowest BCUT2D eigenvalue weighted by molar-refractivity contribution is 0.0697. The Morgan fingerprint density at radius 3 is 2.52 bits per heavy atom. The number of ether oxygens (including phenoxy) is 1. The van der Waals surface area contributed by atoms with E-state index in [1.54, 1.807) is 19.2 Å². The number of unbranched alkanes of at least 4 members (excludes halogenated alkanes) is 1. The van der Waals surface area contributed by atoms with Crippen LogP contribution in [0.3, 0.4) is 0 Å². The third-order valence-corrected chi connectivity index (χ3v) is 5.55. The lowest BCUT2D eigenvalue weighted by Crippen LogP contribution is -2.06. The zero-order valence-electron chi connectivity index (χ0n) is 17.8. The number of fused-ring (bicyclic) bond motifs is 1.